The van der Waals surface area contributed by atoms with Crippen LogP contribution in [0, 0.1) is 0 Å². The van der Waals surface area contributed by atoms with Gasteiger partial charge in [0.2, 0.25) is 0 Å². The highest BCUT2D eigenvalue weighted by Crippen LogP contribution is 2.51. The van der Waals surface area contributed by atoms with Crippen molar-refractivity contribution in [1.29, 1.82) is 0 Å². The van der Waals surface area contributed by atoms with Crippen molar-refractivity contribution in [1.82, 2.24) is 4.57 Å². The van der Waals surface area contributed by atoms with E-state index in [1.807, 2.05) is 0 Å². The molecule has 0 radical (unpaired) electrons. The van der Waals surface area contributed by atoms with Gasteiger partial charge < -0.3 is 13.9 Å². The quantitative estimate of drug-likeness (QED) is 0.186. The van der Waals surface area contributed by atoms with Crippen molar-refractivity contribution in [3.05, 3.63) is 168 Å². The summed E-state index contributed by atoms with van der Waals surface area (Å²) in [6, 6.07) is 55.3. The van der Waals surface area contributed by atoms with Crippen LogP contribution in [-0.2, 0) is 10.8 Å². The third-order valence-corrected chi connectivity index (χ3v) is 11.3. The Hall–Kier alpha value is -6.06. The second-order valence-corrected chi connectivity index (χ2v) is 15.8. The third kappa shape index (κ3) is 4.45. The first-order valence-corrected chi connectivity index (χ1v) is 18.3. The van der Waals surface area contributed by atoms with Crippen molar-refractivity contribution in [2.45, 2.75) is 45.4 Å². The van der Waals surface area contributed by atoms with Gasteiger partial charge in [-0.3, -0.25) is 0 Å². The zero-order valence-electron chi connectivity index (χ0n) is 30.2. The lowest BCUT2D eigenvalue weighted by molar-refractivity contribution is 0.590. The molecule has 0 bridgehead atoms. The van der Waals surface area contributed by atoms with E-state index in [0.717, 1.165) is 33.6 Å². The van der Waals surface area contributed by atoms with Crippen molar-refractivity contribution >= 4 is 60.8 Å². The third-order valence-electron chi connectivity index (χ3n) is 11.3. The standard InChI is InChI=1S/C49H40N2O/c1-48(2,3)33-22-26-36(27-23-33)50(34-13-7-6-8-14-34)35-24-19-31(20-25-35)32-21-28-43-40(29-32)49(4,5)41-30-39-37-15-10-12-18-44(37)52-47(39)45-38-16-9-11-17-42(38)51(43)46(41)45/h6-30H,1-5H3. The van der Waals surface area contributed by atoms with E-state index in [9.17, 15) is 0 Å². The number of benzene rings is 7. The maximum atomic E-state index is 6.63. The Bertz CT molecular complexity index is 2830. The molecule has 0 atom stereocenters. The minimum Gasteiger partial charge on any atom is -0.455 e. The fraction of sp³-hybridized carbons (Fsp3) is 0.143. The van der Waals surface area contributed by atoms with Gasteiger partial charge in [0.05, 0.1) is 22.1 Å². The summed E-state index contributed by atoms with van der Waals surface area (Å²) in [7, 11) is 0. The van der Waals surface area contributed by atoms with E-state index >= 15 is 0 Å². The Morgan fingerprint density at radius 1 is 0.558 bits per heavy atom. The summed E-state index contributed by atoms with van der Waals surface area (Å²) in [5, 5.41) is 4.77. The average Bonchev–Trinajstić information content (AvgIpc) is 3.71. The van der Waals surface area contributed by atoms with Crippen LogP contribution in [0.2, 0.25) is 0 Å². The summed E-state index contributed by atoms with van der Waals surface area (Å²) in [5.74, 6) is 0. The van der Waals surface area contributed by atoms with Crippen molar-refractivity contribution in [2.75, 3.05) is 4.90 Å². The molecule has 10 rings (SSSR count). The van der Waals surface area contributed by atoms with Crippen LogP contribution in [0.3, 0.4) is 0 Å². The lowest BCUT2D eigenvalue weighted by atomic mass is 9.73. The number of nitrogens with zero attached hydrogens (tertiary/aromatic N) is 2. The summed E-state index contributed by atoms with van der Waals surface area (Å²) in [4.78, 5) is 2.34. The molecule has 252 valence electrons. The van der Waals surface area contributed by atoms with Crippen LogP contribution in [0.4, 0.5) is 17.1 Å². The number of anilines is 3. The maximum absolute atomic E-state index is 6.63. The molecule has 3 heteroatoms. The molecule has 0 spiro atoms. The van der Waals surface area contributed by atoms with Gasteiger partial charge in [-0.1, -0.05) is 120 Å². The highest BCUT2D eigenvalue weighted by Gasteiger charge is 2.37. The molecule has 1 aliphatic rings. The summed E-state index contributed by atoms with van der Waals surface area (Å²) < 4.78 is 9.10. The molecule has 52 heavy (non-hydrogen) atoms. The molecule has 2 aromatic heterocycles. The molecule has 7 aromatic carbocycles. The van der Waals surface area contributed by atoms with E-state index in [2.05, 4.69) is 196 Å². The Kier molecular flexibility index (Phi) is 6.48. The minimum absolute atomic E-state index is 0.101. The van der Waals surface area contributed by atoms with Gasteiger partial charge in [-0.2, -0.15) is 0 Å². The van der Waals surface area contributed by atoms with Gasteiger partial charge in [0, 0.05) is 38.6 Å². The summed E-state index contributed by atoms with van der Waals surface area (Å²) in [5.41, 5.74) is 15.2. The minimum atomic E-state index is -0.246. The number of aromatic nitrogens is 1. The molecule has 3 heterocycles. The van der Waals surface area contributed by atoms with Crippen LogP contribution in [0.25, 0.3) is 60.6 Å². The molecule has 0 saturated carbocycles. The number of fused-ring (bicyclic) bond motifs is 9. The SMILES string of the molecule is CC(C)(C)c1ccc(N(c2ccccc2)c2ccc(-c3ccc4c(c3)C(C)(C)c3cc5c6ccccc6oc5c5c6ccccc6n-4c35)cc2)cc1. The fourth-order valence-electron chi connectivity index (χ4n) is 8.55. The zero-order chi connectivity index (χ0) is 35.4. The lowest BCUT2D eigenvalue weighted by Crippen LogP contribution is -2.26. The highest BCUT2D eigenvalue weighted by atomic mass is 16.3. The van der Waals surface area contributed by atoms with Crippen molar-refractivity contribution in [3.63, 3.8) is 0 Å². The molecule has 0 aliphatic carbocycles. The summed E-state index contributed by atoms with van der Waals surface area (Å²) in [6.07, 6.45) is 0. The first-order valence-electron chi connectivity index (χ1n) is 18.3. The maximum Gasteiger partial charge on any atom is 0.145 e. The fourth-order valence-corrected chi connectivity index (χ4v) is 8.55. The molecule has 0 amide bonds. The smallest absolute Gasteiger partial charge is 0.145 e. The molecule has 1 aliphatic heterocycles. The number of hydrogen-bond donors (Lipinski definition) is 0. The van der Waals surface area contributed by atoms with Crippen LogP contribution in [-0.4, -0.2) is 4.57 Å². The average molecular weight is 673 g/mol. The molecule has 0 saturated heterocycles. The summed E-state index contributed by atoms with van der Waals surface area (Å²) >= 11 is 0. The van der Waals surface area contributed by atoms with Gasteiger partial charge in [0.1, 0.15) is 11.2 Å². The molecular weight excluding hydrogens is 633 g/mol. The van der Waals surface area contributed by atoms with Crippen molar-refractivity contribution in [3.8, 4) is 16.8 Å². The van der Waals surface area contributed by atoms with E-state index in [1.54, 1.807) is 0 Å². The first-order chi connectivity index (χ1) is 25.2. The monoisotopic (exact) mass is 672 g/mol. The number of rotatable bonds is 4. The molecule has 0 fully saturated rings. The van der Waals surface area contributed by atoms with Gasteiger partial charge in [0.25, 0.3) is 0 Å². The van der Waals surface area contributed by atoms with Crippen LogP contribution in [0.15, 0.2) is 156 Å². The van der Waals surface area contributed by atoms with E-state index in [4.69, 9.17) is 4.42 Å². The Balaban J connectivity index is 1.11. The topological polar surface area (TPSA) is 21.3 Å². The van der Waals surface area contributed by atoms with E-state index in [-0.39, 0.29) is 10.8 Å². The Morgan fingerprint density at radius 2 is 1.17 bits per heavy atom. The number of hydrogen-bond acceptors (Lipinski definition) is 2. The molecule has 9 aromatic rings. The van der Waals surface area contributed by atoms with E-state index < -0.39 is 0 Å². The van der Waals surface area contributed by atoms with Gasteiger partial charge in [0.15, 0.2) is 0 Å². The Morgan fingerprint density at radius 3 is 1.90 bits per heavy atom. The first kappa shape index (κ1) is 30.7. The van der Waals surface area contributed by atoms with Gasteiger partial charge >= 0.3 is 0 Å². The van der Waals surface area contributed by atoms with Crippen LogP contribution >= 0.6 is 0 Å². The molecule has 0 N–H and O–H groups in total. The predicted molar refractivity (Wildman–Crippen MR) is 219 cm³/mol. The van der Waals surface area contributed by atoms with Crippen molar-refractivity contribution in [2.24, 2.45) is 0 Å². The Labute approximate surface area is 304 Å². The highest BCUT2D eigenvalue weighted by molar-refractivity contribution is 6.25. The van der Waals surface area contributed by atoms with Crippen LogP contribution < -0.4 is 4.90 Å². The molecule has 0 unspecified atom stereocenters. The normalized spacial score (nSPS) is 13.6. The van der Waals surface area contributed by atoms with Gasteiger partial charge in [-0.15, -0.1) is 0 Å². The van der Waals surface area contributed by atoms with Crippen LogP contribution in [0.5, 0.6) is 0 Å². The second kappa shape index (κ2) is 11.0. The second-order valence-electron chi connectivity index (χ2n) is 15.8. The molecule has 3 nitrogen and oxygen atoms in total. The predicted octanol–water partition coefficient (Wildman–Crippen LogP) is 13.8. The number of para-hydroxylation sites is 3. The van der Waals surface area contributed by atoms with Gasteiger partial charge in [-0.05, 0) is 100.0 Å². The largest absolute Gasteiger partial charge is 0.455 e. The summed E-state index contributed by atoms with van der Waals surface area (Å²) in [6.45, 7) is 11.5. The van der Waals surface area contributed by atoms with E-state index in [0.29, 0.717) is 0 Å². The zero-order valence-corrected chi connectivity index (χ0v) is 30.2. The van der Waals surface area contributed by atoms with Crippen molar-refractivity contribution < 1.29 is 4.42 Å². The van der Waals surface area contributed by atoms with E-state index in [1.165, 1.54) is 60.7 Å². The lowest BCUT2D eigenvalue weighted by Gasteiger charge is -2.35. The van der Waals surface area contributed by atoms with Gasteiger partial charge in [-0.25, -0.2) is 0 Å². The van der Waals surface area contributed by atoms with Crippen LogP contribution in [0.1, 0.15) is 51.3 Å². The number of furan rings is 1. The molecular formula is C49H40N2O.